The highest BCUT2D eigenvalue weighted by molar-refractivity contribution is 5.95. The van der Waals surface area contributed by atoms with Gasteiger partial charge in [0.1, 0.15) is 0 Å². The van der Waals surface area contributed by atoms with Gasteiger partial charge in [0.2, 0.25) is 11.8 Å². The van der Waals surface area contributed by atoms with Gasteiger partial charge in [0.15, 0.2) is 0 Å². The molecule has 2 rings (SSSR count). The van der Waals surface area contributed by atoms with Gasteiger partial charge in [-0.2, -0.15) is 13.2 Å². The fourth-order valence-corrected chi connectivity index (χ4v) is 2.98. The highest BCUT2D eigenvalue weighted by Gasteiger charge is 2.32. The average molecular weight is 342 g/mol. The van der Waals surface area contributed by atoms with Gasteiger partial charge >= 0.3 is 6.18 Å². The number of hydrogen-bond donors (Lipinski definition) is 0. The summed E-state index contributed by atoms with van der Waals surface area (Å²) in [4.78, 5) is 27.4. The third-order valence-corrected chi connectivity index (χ3v) is 4.30. The summed E-state index contributed by atoms with van der Waals surface area (Å²) in [5, 5.41) is 0. The Kier molecular flexibility index (Phi) is 5.51. The number of piperidine rings is 1. The number of halogens is 3. The van der Waals surface area contributed by atoms with Crippen LogP contribution in [-0.2, 0) is 15.8 Å². The van der Waals surface area contributed by atoms with Gasteiger partial charge < -0.3 is 9.80 Å². The lowest BCUT2D eigenvalue weighted by Crippen LogP contribution is -2.46. The summed E-state index contributed by atoms with van der Waals surface area (Å²) in [7, 11) is 0. The Balaban J connectivity index is 2.15. The Bertz CT molecular complexity index is 599. The van der Waals surface area contributed by atoms with Gasteiger partial charge in [-0.25, -0.2) is 0 Å². The molecule has 1 atom stereocenters. The first-order chi connectivity index (χ1) is 11.2. The molecule has 1 aromatic carbocycles. The quantitative estimate of drug-likeness (QED) is 0.845. The lowest BCUT2D eigenvalue weighted by molar-refractivity contribution is -0.137. The van der Waals surface area contributed by atoms with Crippen LogP contribution < -0.4 is 4.90 Å². The summed E-state index contributed by atoms with van der Waals surface area (Å²) in [6.45, 7) is 4.62. The maximum atomic E-state index is 12.7. The first-order valence-electron chi connectivity index (χ1n) is 7.98. The van der Waals surface area contributed by atoms with Crippen LogP contribution in [0.5, 0.6) is 0 Å². The summed E-state index contributed by atoms with van der Waals surface area (Å²) >= 11 is 0. The Hall–Kier alpha value is -2.05. The second kappa shape index (κ2) is 7.23. The summed E-state index contributed by atoms with van der Waals surface area (Å²) in [6.07, 6.45) is -2.97. The van der Waals surface area contributed by atoms with Gasteiger partial charge in [0, 0.05) is 32.2 Å². The van der Waals surface area contributed by atoms with Crippen LogP contribution in [-0.4, -0.2) is 36.3 Å². The van der Waals surface area contributed by atoms with E-state index in [0.29, 0.717) is 31.7 Å². The largest absolute Gasteiger partial charge is 0.416 e. The molecule has 1 aromatic rings. The predicted molar refractivity (Wildman–Crippen MR) is 84.4 cm³/mol. The van der Waals surface area contributed by atoms with E-state index in [1.165, 1.54) is 24.0 Å². The minimum absolute atomic E-state index is 0.0647. The molecule has 4 nitrogen and oxygen atoms in total. The van der Waals surface area contributed by atoms with Gasteiger partial charge in [-0.05, 0) is 44.0 Å². The van der Waals surface area contributed by atoms with Crippen molar-refractivity contribution in [1.29, 1.82) is 0 Å². The fraction of sp³-hybridized carbons (Fsp3) is 0.529. The number of rotatable bonds is 3. The minimum atomic E-state index is -4.40. The van der Waals surface area contributed by atoms with E-state index in [1.807, 2.05) is 0 Å². The Morgan fingerprint density at radius 2 is 1.88 bits per heavy atom. The second-order valence-corrected chi connectivity index (χ2v) is 5.93. The Morgan fingerprint density at radius 1 is 1.25 bits per heavy atom. The molecule has 2 amide bonds. The first kappa shape index (κ1) is 18.3. The molecule has 132 valence electrons. The topological polar surface area (TPSA) is 40.6 Å². The summed E-state index contributed by atoms with van der Waals surface area (Å²) in [6, 6.07) is 4.59. The SMILES string of the molecule is CCN(C(=O)[C@@H]1CCCN(C(C)=O)C1)c1ccc(C(F)(F)F)cc1. The number of nitrogens with zero attached hydrogens (tertiary/aromatic N) is 2. The van der Waals surface area contributed by atoms with Crippen LogP contribution in [0, 0.1) is 5.92 Å². The van der Waals surface area contributed by atoms with Crippen LogP contribution in [0.2, 0.25) is 0 Å². The van der Waals surface area contributed by atoms with E-state index < -0.39 is 11.7 Å². The summed E-state index contributed by atoms with van der Waals surface area (Å²) < 4.78 is 38.0. The number of hydrogen-bond acceptors (Lipinski definition) is 2. The van der Waals surface area contributed by atoms with Crippen molar-refractivity contribution in [3.8, 4) is 0 Å². The van der Waals surface area contributed by atoms with Crippen molar-refractivity contribution in [3.05, 3.63) is 29.8 Å². The molecule has 1 saturated heterocycles. The third-order valence-electron chi connectivity index (χ3n) is 4.30. The van der Waals surface area contributed by atoms with Crippen LogP contribution in [0.1, 0.15) is 32.3 Å². The smallest absolute Gasteiger partial charge is 0.342 e. The van der Waals surface area contributed by atoms with Crippen LogP contribution in [0.4, 0.5) is 18.9 Å². The first-order valence-corrected chi connectivity index (χ1v) is 7.98. The van der Waals surface area contributed by atoms with Crippen molar-refractivity contribution in [2.75, 3.05) is 24.5 Å². The minimum Gasteiger partial charge on any atom is -0.342 e. The van der Waals surface area contributed by atoms with Crippen molar-refractivity contribution in [1.82, 2.24) is 4.90 Å². The van der Waals surface area contributed by atoms with Gasteiger partial charge in [-0.3, -0.25) is 9.59 Å². The van der Waals surface area contributed by atoms with E-state index in [-0.39, 0.29) is 17.7 Å². The lowest BCUT2D eigenvalue weighted by atomic mass is 9.96. The standard InChI is InChI=1S/C17H21F3N2O2/c1-3-22(15-8-6-14(7-9-15)17(18,19)20)16(24)13-5-4-10-21(11-13)12(2)23/h6-9,13H,3-5,10-11H2,1-2H3/t13-/m1/s1. The van der Waals surface area contributed by atoms with E-state index in [1.54, 1.807) is 11.8 Å². The predicted octanol–water partition coefficient (Wildman–Crippen LogP) is 3.32. The van der Waals surface area contributed by atoms with E-state index in [0.717, 1.165) is 18.6 Å². The molecule has 24 heavy (non-hydrogen) atoms. The van der Waals surface area contributed by atoms with E-state index >= 15 is 0 Å². The van der Waals surface area contributed by atoms with Crippen molar-refractivity contribution in [2.24, 2.45) is 5.92 Å². The zero-order valence-corrected chi connectivity index (χ0v) is 13.8. The van der Waals surface area contributed by atoms with Gasteiger partial charge in [0.25, 0.3) is 0 Å². The molecule has 0 unspecified atom stereocenters. The van der Waals surface area contributed by atoms with E-state index in [4.69, 9.17) is 0 Å². The van der Waals surface area contributed by atoms with Gasteiger partial charge in [-0.15, -0.1) is 0 Å². The molecule has 1 fully saturated rings. The number of carbonyl (C=O) groups is 2. The highest BCUT2D eigenvalue weighted by atomic mass is 19.4. The molecule has 0 saturated carbocycles. The van der Waals surface area contributed by atoms with Crippen LogP contribution in [0.15, 0.2) is 24.3 Å². The number of benzene rings is 1. The Labute approximate surface area is 139 Å². The van der Waals surface area contributed by atoms with Gasteiger partial charge in [0.05, 0.1) is 11.5 Å². The molecule has 0 aliphatic carbocycles. The van der Waals surface area contributed by atoms with Crippen molar-refractivity contribution in [2.45, 2.75) is 32.9 Å². The van der Waals surface area contributed by atoms with E-state index in [9.17, 15) is 22.8 Å². The van der Waals surface area contributed by atoms with Crippen molar-refractivity contribution in [3.63, 3.8) is 0 Å². The molecule has 1 aliphatic rings. The number of amides is 2. The number of anilines is 1. The zero-order chi connectivity index (χ0) is 17.9. The molecule has 0 aromatic heterocycles. The number of carbonyl (C=O) groups excluding carboxylic acids is 2. The highest BCUT2D eigenvalue weighted by Crippen LogP contribution is 2.31. The monoisotopic (exact) mass is 342 g/mol. The average Bonchev–Trinajstić information content (AvgIpc) is 2.55. The molecule has 0 N–H and O–H groups in total. The van der Waals surface area contributed by atoms with Crippen LogP contribution in [0.25, 0.3) is 0 Å². The fourth-order valence-electron chi connectivity index (χ4n) is 2.98. The normalized spacial score (nSPS) is 18.4. The second-order valence-electron chi connectivity index (χ2n) is 5.93. The zero-order valence-electron chi connectivity index (χ0n) is 13.8. The molecule has 7 heteroatoms. The molecular weight excluding hydrogens is 321 g/mol. The summed E-state index contributed by atoms with van der Waals surface area (Å²) in [5.41, 5.74) is -0.300. The van der Waals surface area contributed by atoms with E-state index in [2.05, 4.69) is 0 Å². The maximum absolute atomic E-state index is 12.7. The maximum Gasteiger partial charge on any atom is 0.416 e. The molecule has 0 spiro atoms. The Morgan fingerprint density at radius 3 is 2.38 bits per heavy atom. The molecule has 1 heterocycles. The van der Waals surface area contributed by atoms with Crippen LogP contribution >= 0.6 is 0 Å². The van der Waals surface area contributed by atoms with Crippen molar-refractivity contribution >= 4 is 17.5 Å². The third kappa shape index (κ3) is 4.07. The summed E-state index contributed by atoms with van der Waals surface area (Å²) in [5.74, 6) is -0.529. The molecular formula is C17H21F3N2O2. The molecule has 0 bridgehead atoms. The molecule has 0 radical (unpaired) electrons. The number of likely N-dealkylation sites (tertiary alicyclic amines) is 1. The van der Waals surface area contributed by atoms with Crippen LogP contribution in [0.3, 0.4) is 0 Å². The lowest BCUT2D eigenvalue weighted by Gasteiger charge is -2.34. The van der Waals surface area contributed by atoms with Crippen molar-refractivity contribution < 1.29 is 22.8 Å². The van der Waals surface area contributed by atoms with Gasteiger partial charge in [-0.1, -0.05) is 0 Å². The molecule has 1 aliphatic heterocycles. The number of alkyl halides is 3.